The predicted molar refractivity (Wildman–Crippen MR) is 78.9 cm³/mol. The summed E-state index contributed by atoms with van der Waals surface area (Å²) in [6.07, 6.45) is -1.27. The number of halogens is 3. The minimum Gasteiger partial charge on any atom is -0.449 e. The van der Waals surface area contributed by atoms with E-state index in [9.17, 15) is 22.8 Å². The van der Waals surface area contributed by atoms with Gasteiger partial charge in [-0.3, -0.25) is 9.69 Å². The number of rotatable bonds is 7. The summed E-state index contributed by atoms with van der Waals surface area (Å²) in [6, 6.07) is -0.427. The number of carbonyl (C=O) groups is 2. The lowest BCUT2D eigenvalue weighted by molar-refractivity contribution is -0.167. The van der Waals surface area contributed by atoms with E-state index in [0.717, 1.165) is 24.2 Å². The Bertz CT molecular complexity index is 402. The summed E-state index contributed by atoms with van der Waals surface area (Å²) in [4.78, 5) is 26.1. The van der Waals surface area contributed by atoms with Crippen molar-refractivity contribution in [1.82, 2.24) is 9.80 Å². The van der Waals surface area contributed by atoms with Crippen LogP contribution < -0.4 is 0 Å². The molecule has 23 heavy (non-hydrogen) atoms. The summed E-state index contributed by atoms with van der Waals surface area (Å²) in [5, 5.41) is 0. The molecule has 2 amide bonds. The predicted octanol–water partition coefficient (Wildman–Crippen LogP) is 3.19. The lowest BCUT2D eigenvalue weighted by Crippen LogP contribution is -2.59. The molecule has 0 spiro atoms. The lowest BCUT2D eigenvalue weighted by Gasteiger charge is -2.40. The SMILES string of the molecule is CCCCOC(=O)N1CC(=O)N(CC(F)(F)F)C[C@@H]1CCCC. The van der Waals surface area contributed by atoms with E-state index in [0.29, 0.717) is 12.8 Å². The number of hydrogen-bond donors (Lipinski definition) is 0. The van der Waals surface area contributed by atoms with E-state index < -0.39 is 30.8 Å². The van der Waals surface area contributed by atoms with Gasteiger partial charge in [0.25, 0.3) is 0 Å². The molecule has 1 heterocycles. The van der Waals surface area contributed by atoms with Gasteiger partial charge in [0.2, 0.25) is 5.91 Å². The van der Waals surface area contributed by atoms with Crippen LogP contribution in [0.1, 0.15) is 46.0 Å². The molecule has 1 aliphatic heterocycles. The van der Waals surface area contributed by atoms with Crippen LogP contribution in [-0.2, 0) is 9.53 Å². The highest BCUT2D eigenvalue weighted by Gasteiger charge is 2.40. The van der Waals surface area contributed by atoms with Gasteiger partial charge in [0.05, 0.1) is 12.6 Å². The first-order chi connectivity index (χ1) is 10.8. The molecule has 0 radical (unpaired) electrons. The third-order valence-electron chi connectivity index (χ3n) is 3.75. The molecular formula is C15H25F3N2O3. The van der Waals surface area contributed by atoms with Crippen molar-refractivity contribution in [2.24, 2.45) is 0 Å². The molecule has 0 aromatic heterocycles. The van der Waals surface area contributed by atoms with Gasteiger partial charge in [-0.15, -0.1) is 0 Å². The first-order valence-electron chi connectivity index (χ1n) is 8.06. The van der Waals surface area contributed by atoms with Crippen LogP contribution in [0.15, 0.2) is 0 Å². The van der Waals surface area contributed by atoms with Crippen LogP contribution in [0.3, 0.4) is 0 Å². The van der Waals surface area contributed by atoms with Gasteiger partial charge in [0, 0.05) is 6.54 Å². The number of alkyl halides is 3. The average Bonchev–Trinajstić information content (AvgIpc) is 2.46. The Kier molecular flexibility index (Phi) is 7.64. The van der Waals surface area contributed by atoms with Crippen molar-refractivity contribution in [2.45, 2.75) is 58.2 Å². The fraction of sp³-hybridized carbons (Fsp3) is 0.867. The van der Waals surface area contributed by atoms with E-state index >= 15 is 0 Å². The number of carbonyl (C=O) groups excluding carboxylic acids is 2. The van der Waals surface area contributed by atoms with Crippen molar-refractivity contribution in [3.8, 4) is 0 Å². The summed E-state index contributed by atoms with van der Waals surface area (Å²) in [7, 11) is 0. The Balaban J connectivity index is 2.73. The van der Waals surface area contributed by atoms with Crippen LogP contribution in [-0.4, -0.2) is 60.3 Å². The van der Waals surface area contributed by atoms with Crippen molar-refractivity contribution in [3.63, 3.8) is 0 Å². The third kappa shape index (κ3) is 6.66. The van der Waals surface area contributed by atoms with Crippen LogP contribution in [0.5, 0.6) is 0 Å². The van der Waals surface area contributed by atoms with Gasteiger partial charge in [-0.1, -0.05) is 33.1 Å². The van der Waals surface area contributed by atoms with Crippen LogP contribution in [0.25, 0.3) is 0 Å². The zero-order chi connectivity index (χ0) is 17.5. The quantitative estimate of drug-likeness (QED) is 0.670. The van der Waals surface area contributed by atoms with Gasteiger partial charge in [-0.2, -0.15) is 13.2 Å². The van der Waals surface area contributed by atoms with Gasteiger partial charge in [-0.05, 0) is 12.8 Å². The topological polar surface area (TPSA) is 49.9 Å². The number of piperazine rings is 1. The zero-order valence-electron chi connectivity index (χ0n) is 13.7. The van der Waals surface area contributed by atoms with Crippen molar-refractivity contribution in [1.29, 1.82) is 0 Å². The van der Waals surface area contributed by atoms with E-state index in [1.54, 1.807) is 0 Å². The second-order valence-electron chi connectivity index (χ2n) is 5.78. The molecule has 0 bridgehead atoms. The Morgan fingerprint density at radius 3 is 2.48 bits per heavy atom. The molecule has 0 aromatic rings. The highest BCUT2D eigenvalue weighted by molar-refractivity contribution is 5.84. The average molecular weight is 338 g/mol. The van der Waals surface area contributed by atoms with E-state index in [4.69, 9.17) is 4.74 Å². The monoisotopic (exact) mass is 338 g/mol. The Labute approximate surface area is 134 Å². The first kappa shape index (κ1) is 19.6. The molecule has 8 heteroatoms. The molecule has 0 unspecified atom stereocenters. The highest BCUT2D eigenvalue weighted by atomic mass is 19.4. The Morgan fingerprint density at radius 1 is 1.26 bits per heavy atom. The summed E-state index contributed by atoms with van der Waals surface area (Å²) in [5.74, 6) is -0.692. The molecule has 134 valence electrons. The normalized spacial score (nSPS) is 19.2. The molecule has 1 fully saturated rings. The summed E-state index contributed by atoms with van der Waals surface area (Å²) in [6.45, 7) is 2.46. The number of ether oxygens (including phenoxy) is 1. The summed E-state index contributed by atoms with van der Waals surface area (Å²) in [5.41, 5.74) is 0. The molecule has 0 aliphatic carbocycles. The van der Waals surface area contributed by atoms with Crippen molar-refractivity contribution < 1.29 is 27.5 Å². The fourth-order valence-corrected chi connectivity index (χ4v) is 2.49. The van der Waals surface area contributed by atoms with Gasteiger partial charge < -0.3 is 9.64 Å². The summed E-state index contributed by atoms with van der Waals surface area (Å²) >= 11 is 0. The molecule has 1 rings (SSSR count). The van der Waals surface area contributed by atoms with Crippen LogP contribution in [0.4, 0.5) is 18.0 Å². The molecular weight excluding hydrogens is 313 g/mol. The first-order valence-corrected chi connectivity index (χ1v) is 8.06. The van der Waals surface area contributed by atoms with Gasteiger partial charge in [-0.25, -0.2) is 4.79 Å². The highest BCUT2D eigenvalue weighted by Crippen LogP contribution is 2.22. The smallest absolute Gasteiger partial charge is 0.410 e. The molecule has 5 nitrogen and oxygen atoms in total. The molecule has 1 saturated heterocycles. The Hall–Kier alpha value is -1.47. The molecule has 0 N–H and O–H groups in total. The fourth-order valence-electron chi connectivity index (χ4n) is 2.49. The third-order valence-corrected chi connectivity index (χ3v) is 3.75. The van der Waals surface area contributed by atoms with E-state index in [2.05, 4.69) is 0 Å². The molecule has 0 aromatic carbocycles. The maximum Gasteiger partial charge on any atom is 0.410 e. The van der Waals surface area contributed by atoms with E-state index in [1.807, 2.05) is 13.8 Å². The number of hydrogen-bond acceptors (Lipinski definition) is 3. The van der Waals surface area contributed by atoms with Gasteiger partial charge in [0.1, 0.15) is 13.1 Å². The lowest BCUT2D eigenvalue weighted by atomic mass is 10.1. The largest absolute Gasteiger partial charge is 0.449 e. The molecule has 1 atom stereocenters. The number of amides is 2. The van der Waals surface area contributed by atoms with Crippen LogP contribution >= 0.6 is 0 Å². The number of unbranched alkanes of at least 4 members (excludes halogenated alkanes) is 2. The van der Waals surface area contributed by atoms with E-state index in [-0.39, 0.29) is 19.7 Å². The summed E-state index contributed by atoms with van der Waals surface area (Å²) < 4.78 is 42.8. The second kappa shape index (κ2) is 8.98. The maximum atomic E-state index is 12.6. The van der Waals surface area contributed by atoms with Crippen LogP contribution in [0.2, 0.25) is 0 Å². The minimum absolute atomic E-state index is 0.0960. The van der Waals surface area contributed by atoms with Crippen molar-refractivity contribution in [3.05, 3.63) is 0 Å². The van der Waals surface area contributed by atoms with Gasteiger partial charge in [0.15, 0.2) is 0 Å². The van der Waals surface area contributed by atoms with Crippen LogP contribution in [0, 0.1) is 0 Å². The zero-order valence-corrected chi connectivity index (χ0v) is 13.7. The maximum absolute atomic E-state index is 12.6. The van der Waals surface area contributed by atoms with Crippen molar-refractivity contribution >= 4 is 12.0 Å². The van der Waals surface area contributed by atoms with Gasteiger partial charge >= 0.3 is 12.3 Å². The standard InChI is InChI=1S/C15H25F3N2O3/c1-3-5-7-12-9-19(11-15(16,17)18)13(21)10-20(12)14(22)23-8-6-4-2/h12H,3-11H2,1-2H3/t12-/m0/s1. The van der Waals surface area contributed by atoms with E-state index in [1.165, 1.54) is 4.90 Å². The molecule has 1 aliphatic rings. The number of nitrogens with zero attached hydrogens (tertiary/aromatic N) is 2. The Morgan fingerprint density at radius 2 is 1.91 bits per heavy atom. The molecule has 0 saturated carbocycles. The second-order valence-corrected chi connectivity index (χ2v) is 5.78. The van der Waals surface area contributed by atoms with Crippen molar-refractivity contribution in [2.75, 3.05) is 26.2 Å². The minimum atomic E-state index is -4.44.